The van der Waals surface area contributed by atoms with Crippen molar-refractivity contribution < 1.29 is 0 Å². The van der Waals surface area contributed by atoms with Crippen LogP contribution in [0, 0.1) is 0 Å². The highest BCUT2D eigenvalue weighted by Gasteiger charge is 1.89. The van der Waals surface area contributed by atoms with Crippen LogP contribution in [0.25, 0.3) is 11.0 Å². The molecule has 2 aromatic heterocycles. The second-order valence-electron chi connectivity index (χ2n) is 1.93. The second-order valence-corrected chi connectivity index (χ2v) is 1.93. The van der Waals surface area contributed by atoms with E-state index in [0.717, 1.165) is 11.0 Å². The van der Waals surface area contributed by atoms with Gasteiger partial charge in [-0.15, -0.1) is 0 Å². The van der Waals surface area contributed by atoms with Crippen molar-refractivity contribution in [2.75, 3.05) is 0 Å². The Bertz CT molecular complexity index is 280. The molecule has 10 heavy (non-hydrogen) atoms. The third-order valence-electron chi connectivity index (χ3n) is 1.28. The summed E-state index contributed by atoms with van der Waals surface area (Å²) in [5, 5.41) is 0. The van der Waals surface area contributed by atoms with Crippen LogP contribution in [0.1, 0.15) is 0 Å². The van der Waals surface area contributed by atoms with Gasteiger partial charge in [0.2, 0.25) is 0 Å². The summed E-state index contributed by atoms with van der Waals surface area (Å²) in [6, 6.07) is 3.76. The van der Waals surface area contributed by atoms with Crippen LogP contribution in [0.3, 0.4) is 0 Å². The molecule has 0 spiro atoms. The van der Waals surface area contributed by atoms with Gasteiger partial charge in [-0.2, -0.15) is 0 Å². The molecule has 0 bridgehead atoms. The van der Waals surface area contributed by atoms with Crippen LogP contribution >= 0.6 is 0 Å². The Labute approximate surface area is 57.8 Å². The van der Waals surface area contributed by atoms with Gasteiger partial charge in [0, 0.05) is 6.20 Å². The van der Waals surface area contributed by atoms with Crippen molar-refractivity contribution in [3.63, 3.8) is 0 Å². The summed E-state index contributed by atoms with van der Waals surface area (Å²) in [5.41, 5.74) is 1.72. The zero-order valence-electron chi connectivity index (χ0n) is 5.23. The van der Waals surface area contributed by atoms with Gasteiger partial charge in [-0.3, -0.25) is 4.98 Å². The van der Waals surface area contributed by atoms with Gasteiger partial charge in [-0.1, -0.05) is 0 Å². The van der Waals surface area contributed by atoms with Gasteiger partial charge >= 0.3 is 0 Å². The van der Waals surface area contributed by atoms with Crippen LogP contribution in [0.15, 0.2) is 30.9 Å². The van der Waals surface area contributed by atoms with Gasteiger partial charge in [0.25, 0.3) is 0 Å². The average Bonchev–Trinajstić information content (AvgIpc) is 2.05. The molecule has 0 atom stereocenters. The lowest BCUT2D eigenvalue weighted by Crippen LogP contribution is -1.81. The van der Waals surface area contributed by atoms with Crippen LogP contribution in [-0.2, 0) is 0 Å². The number of nitrogens with zero attached hydrogens (tertiary/aromatic N) is 3. The smallest absolute Gasteiger partial charge is 0.116 e. The molecule has 0 aromatic carbocycles. The molecule has 2 rings (SSSR count). The fraction of sp³-hybridized carbons (Fsp3) is 0. The summed E-state index contributed by atoms with van der Waals surface area (Å²) in [7, 11) is 0. The highest BCUT2D eigenvalue weighted by molar-refractivity contribution is 5.71. The molecule has 3 nitrogen and oxygen atoms in total. The van der Waals surface area contributed by atoms with Crippen LogP contribution in [-0.4, -0.2) is 15.0 Å². The van der Waals surface area contributed by atoms with Crippen molar-refractivity contribution in [3.05, 3.63) is 30.9 Å². The number of rotatable bonds is 0. The molecule has 0 aliphatic carbocycles. The molecular formula is C7H5N3. The maximum atomic E-state index is 4.06. The third-order valence-corrected chi connectivity index (χ3v) is 1.28. The molecule has 0 unspecified atom stereocenters. The van der Waals surface area contributed by atoms with E-state index in [0.29, 0.717) is 0 Å². The Kier molecular flexibility index (Phi) is 1.07. The minimum Gasteiger partial charge on any atom is -0.253 e. The Hall–Kier alpha value is -1.51. The predicted octanol–water partition coefficient (Wildman–Crippen LogP) is 1.02. The highest BCUT2D eigenvalue weighted by Crippen LogP contribution is 2.02. The molecule has 0 saturated heterocycles. The van der Waals surface area contributed by atoms with E-state index < -0.39 is 0 Å². The first-order valence-corrected chi connectivity index (χ1v) is 2.97. The van der Waals surface area contributed by atoms with Crippen molar-refractivity contribution in [2.45, 2.75) is 0 Å². The number of pyridine rings is 1. The van der Waals surface area contributed by atoms with Crippen LogP contribution in [0.5, 0.6) is 0 Å². The SMILES string of the molecule is c1cnc2cncnc2c1. The van der Waals surface area contributed by atoms with Crippen LogP contribution < -0.4 is 0 Å². The molecule has 2 aromatic rings. The van der Waals surface area contributed by atoms with Crippen molar-refractivity contribution in [2.24, 2.45) is 0 Å². The largest absolute Gasteiger partial charge is 0.253 e. The van der Waals surface area contributed by atoms with Gasteiger partial charge in [0.05, 0.1) is 11.7 Å². The minimum atomic E-state index is 0.838. The van der Waals surface area contributed by atoms with E-state index in [9.17, 15) is 0 Å². The first kappa shape index (κ1) is 5.29. The molecule has 48 valence electrons. The van der Waals surface area contributed by atoms with E-state index in [2.05, 4.69) is 15.0 Å². The maximum absolute atomic E-state index is 4.06. The monoisotopic (exact) mass is 131 g/mol. The first-order valence-electron chi connectivity index (χ1n) is 2.97. The molecule has 3 heteroatoms. The quantitative estimate of drug-likeness (QED) is 0.536. The van der Waals surface area contributed by atoms with E-state index in [1.807, 2.05) is 12.1 Å². The van der Waals surface area contributed by atoms with E-state index >= 15 is 0 Å². The van der Waals surface area contributed by atoms with Crippen LogP contribution in [0.2, 0.25) is 0 Å². The average molecular weight is 131 g/mol. The standard InChI is InChI=1S/C7H5N3/c1-2-6-7(9-3-1)4-8-5-10-6/h1-5H. The Morgan fingerprint density at radius 2 is 2.10 bits per heavy atom. The van der Waals surface area contributed by atoms with Crippen molar-refractivity contribution >= 4 is 11.0 Å². The van der Waals surface area contributed by atoms with Crippen molar-refractivity contribution in [1.82, 2.24) is 15.0 Å². The Morgan fingerprint density at radius 3 is 3.00 bits per heavy atom. The lowest BCUT2D eigenvalue weighted by Gasteiger charge is -1.89. The molecule has 0 aliphatic rings. The molecule has 0 aliphatic heterocycles. The van der Waals surface area contributed by atoms with E-state index in [1.165, 1.54) is 6.33 Å². The third kappa shape index (κ3) is 0.719. The molecular weight excluding hydrogens is 126 g/mol. The molecule has 2 heterocycles. The zero-order valence-corrected chi connectivity index (χ0v) is 5.23. The summed E-state index contributed by atoms with van der Waals surface area (Å²) in [6.07, 6.45) is 4.94. The van der Waals surface area contributed by atoms with Crippen LogP contribution in [0.4, 0.5) is 0 Å². The Balaban J connectivity index is 2.89. The maximum Gasteiger partial charge on any atom is 0.116 e. The van der Waals surface area contributed by atoms with Gasteiger partial charge < -0.3 is 0 Å². The molecule has 0 N–H and O–H groups in total. The molecule has 0 amide bonds. The highest BCUT2D eigenvalue weighted by atomic mass is 14.8. The summed E-state index contributed by atoms with van der Waals surface area (Å²) in [6.45, 7) is 0. The van der Waals surface area contributed by atoms with Crippen molar-refractivity contribution in [3.8, 4) is 0 Å². The lowest BCUT2D eigenvalue weighted by molar-refractivity contribution is 1.20. The second kappa shape index (κ2) is 2.02. The summed E-state index contributed by atoms with van der Waals surface area (Å²) in [4.78, 5) is 11.9. The van der Waals surface area contributed by atoms with E-state index in [4.69, 9.17) is 0 Å². The predicted molar refractivity (Wildman–Crippen MR) is 37.3 cm³/mol. The molecule has 0 radical (unpaired) electrons. The minimum absolute atomic E-state index is 0.838. The van der Waals surface area contributed by atoms with Gasteiger partial charge in [0.1, 0.15) is 11.8 Å². The van der Waals surface area contributed by atoms with E-state index in [-0.39, 0.29) is 0 Å². The van der Waals surface area contributed by atoms with Gasteiger partial charge in [0.15, 0.2) is 0 Å². The molecule has 0 fully saturated rings. The van der Waals surface area contributed by atoms with Crippen molar-refractivity contribution in [1.29, 1.82) is 0 Å². The number of hydrogen-bond acceptors (Lipinski definition) is 3. The lowest BCUT2D eigenvalue weighted by atomic mass is 10.4. The summed E-state index contributed by atoms with van der Waals surface area (Å²) in [5.74, 6) is 0. The Morgan fingerprint density at radius 1 is 1.10 bits per heavy atom. The number of aromatic nitrogens is 3. The molecule has 0 saturated carbocycles. The van der Waals surface area contributed by atoms with Gasteiger partial charge in [-0.25, -0.2) is 9.97 Å². The number of fused-ring (bicyclic) bond motifs is 1. The fourth-order valence-electron chi connectivity index (χ4n) is 0.817. The fourth-order valence-corrected chi connectivity index (χ4v) is 0.817. The zero-order chi connectivity index (χ0) is 6.81. The number of hydrogen-bond donors (Lipinski definition) is 0. The topological polar surface area (TPSA) is 38.7 Å². The normalized spacial score (nSPS) is 10.0. The van der Waals surface area contributed by atoms with Gasteiger partial charge in [-0.05, 0) is 12.1 Å². The summed E-state index contributed by atoms with van der Waals surface area (Å²) >= 11 is 0. The summed E-state index contributed by atoms with van der Waals surface area (Å²) < 4.78 is 0. The first-order chi connectivity index (χ1) is 4.97. The van der Waals surface area contributed by atoms with E-state index in [1.54, 1.807) is 12.4 Å².